The fourth-order valence-corrected chi connectivity index (χ4v) is 3.21. The Hall–Kier alpha value is -3.42. The van der Waals surface area contributed by atoms with Gasteiger partial charge in [-0.15, -0.1) is 0 Å². The van der Waals surface area contributed by atoms with E-state index in [0.717, 1.165) is 11.5 Å². The summed E-state index contributed by atoms with van der Waals surface area (Å²) in [4.78, 5) is 29.8. The molecule has 1 heterocycles. The van der Waals surface area contributed by atoms with Crippen molar-refractivity contribution in [2.75, 3.05) is 10.6 Å². The molecule has 5 nitrogen and oxygen atoms in total. The molecule has 2 aromatic carbocycles. The Morgan fingerprint density at radius 1 is 0.862 bits per heavy atom. The third-order valence-corrected chi connectivity index (χ3v) is 4.98. The van der Waals surface area contributed by atoms with Crippen molar-refractivity contribution in [2.45, 2.75) is 19.0 Å². The van der Waals surface area contributed by atoms with Crippen LogP contribution in [0.4, 0.5) is 24.5 Å². The summed E-state index contributed by atoms with van der Waals surface area (Å²) in [7, 11) is 0. The molecule has 0 saturated heterocycles. The van der Waals surface area contributed by atoms with Crippen molar-refractivity contribution >= 4 is 34.1 Å². The van der Waals surface area contributed by atoms with Crippen LogP contribution in [0.2, 0.25) is 0 Å². The van der Waals surface area contributed by atoms with Crippen molar-refractivity contribution < 1.29 is 22.8 Å². The van der Waals surface area contributed by atoms with E-state index in [0.29, 0.717) is 11.2 Å². The van der Waals surface area contributed by atoms with Gasteiger partial charge in [-0.1, -0.05) is 30.3 Å². The van der Waals surface area contributed by atoms with Crippen LogP contribution in [-0.2, 0) is 15.8 Å². The Morgan fingerprint density at radius 2 is 1.48 bits per heavy atom. The number of benzene rings is 2. The lowest BCUT2D eigenvalue weighted by Gasteiger charge is -2.18. The second-order valence-electron chi connectivity index (χ2n) is 6.91. The number of carbonyl (C=O) groups excluding carboxylic acids is 2. The van der Waals surface area contributed by atoms with Crippen molar-refractivity contribution in [3.05, 3.63) is 66.4 Å². The first kappa shape index (κ1) is 18.9. The monoisotopic (exact) mass is 399 g/mol. The topological polar surface area (TPSA) is 71.1 Å². The van der Waals surface area contributed by atoms with E-state index in [9.17, 15) is 22.8 Å². The zero-order chi connectivity index (χ0) is 20.6. The standard InChI is InChI=1S/C21H16F3N3O2/c22-21(23,24)14-7-1-2-8-15(14)26-18(28)20(10-11-20)19(29)27-16-9-3-5-13-6-4-12-25-17(13)16/h1-9,12H,10-11H2,(H,26,28)(H,27,29). The summed E-state index contributed by atoms with van der Waals surface area (Å²) >= 11 is 0. The lowest BCUT2D eigenvalue weighted by Crippen LogP contribution is -2.36. The number of halogens is 3. The number of aromatic nitrogens is 1. The first-order valence-electron chi connectivity index (χ1n) is 8.94. The maximum absolute atomic E-state index is 13.2. The van der Waals surface area contributed by atoms with Gasteiger partial charge in [-0.05, 0) is 37.1 Å². The zero-order valence-electron chi connectivity index (χ0n) is 15.1. The number of alkyl halides is 3. The molecule has 1 fully saturated rings. The minimum atomic E-state index is -4.61. The molecule has 2 N–H and O–H groups in total. The quantitative estimate of drug-likeness (QED) is 0.630. The van der Waals surface area contributed by atoms with Crippen LogP contribution in [0, 0.1) is 5.41 Å². The average molecular weight is 399 g/mol. The molecule has 29 heavy (non-hydrogen) atoms. The molecule has 0 unspecified atom stereocenters. The van der Waals surface area contributed by atoms with Gasteiger partial charge in [0.25, 0.3) is 0 Å². The van der Waals surface area contributed by atoms with Gasteiger partial charge in [0.2, 0.25) is 11.8 Å². The van der Waals surface area contributed by atoms with Crippen molar-refractivity contribution in [3.63, 3.8) is 0 Å². The summed E-state index contributed by atoms with van der Waals surface area (Å²) in [5, 5.41) is 5.82. The highest BCUT2D eigenvalue weighted by atomic mass is 19.4. The molecule has 3 aromatic rings. The molecule has 2 amide bonds. The molecular weight excluding hydrogens is 383 g/mol. The van der Waals surface area contributed by atoms with Crippen molar-refractivity contribution in [3.8, 4) is 0 Å². The Kier molecular flexibility index (Phi) is 4.49. The number of para-hydroxylation sites is 2. The summed E-state index contributed by atoms with van der Waals surface area (Å²) < 4.78 is 39.5. The number of nitrogens with zero attached hydrogens (tertiary/aromatic N) is 1. The normalized spacial score (nSPS) is 15.0. The molecule has 148 valence electrons. The van der Waals surface area contributed by atoms with E-state index in [1.807, 2.05) is 12.1 Å². The molecule has 0 spiro atoms. The molecule has 0 aliphatic heterocycles. The maximum atomic E-state index is 13.2. The number of carbonyl (C=O) groups is 2. The van der Waals surface area contributed by atoms with Gasteiger partial charge in [0, 0.05) is 11.6 Å². The van der Waals surface area contributed by atoms with Crippen LogP contribution >= 0.6 is 0 Å². The van der Waals surface area contributed by atoms with Crippen LogP contribution in [-0.4, -0.2) is 16.8 Å². The predicted octanol–water partition coefficient (Wildman–Crippen LogP) is 4.61. The zero-order valence-corrected chi connectivity index (χ0v) is 15.1. The summed E-state index contributed by atoms with van der Waals surface area (Å²) in [6.07, 6.45) is -2.50. The number of hydrogen-bond donors (Lipinski definition) is 2. The minimum absolute atomic E-state index is 0.261. The second-order valence-corrected chi connectivity index (χ2v) is 6.91. The first-order valence-corrected chi connectivity index (χ1v) is 8.94. The van der Waals surface area contributed by atoms with Gasteiger partial charge >= 0.3 is 6.18 Å². The van der Waals surface area contributed by atoms with Gasteiger partial charge in [-0.25, -0.2) is 0 Å². The Labute approximate surface area is 163 Å². The molecule has 1 aliphatic rings. The minimum Gasteiger partial charge on any atom is -0.325 e. The molecule has 4 rings (SSSR count). The maximum Gasteiger partial charge on any atom is 0.418 e. The van der Waals surface area contributed by atoms with E-state index < -0.39 is 29.0 Å². The van der Waals surface area contributed by atoms with Gasteiger partial charge in [0.1, 0.15) is 5.41 Å². The summed E-state index contributed by atoms with van der Waals surface area (Å²) in [6.45, 7) is 0. The summed E-state index contributed by atoms with van der Waals surface area (Å²) in [5.74, 6) is -1.31. The van der Waals surface area contributed by atoms with Crippen LogP contribution in [0.3, 0.4) is 0 Å². The lowest BCUT2D eigenvalue weighted by molar-refractivity contribution is -0.137. The van der Waals surface area contributed by atoms with E-state index in [1.165, 1.54) is 18.2 Å². The summed E-state index contributed by atoms with van der Waals surface area (Å²) in [5.41, 5.74) is -1.70. The van der Waals surface area contributed by atoms with Crippen molar-refractivity contribution in [1.82, 2.24) is 4.98 Å². The molecule has 1 saturated carbocycles. The van der Waals surface area contributed by atoms with Gasteiger partial charge in [0.15, 0.2) is 0 Å². The highest BCUT2D eigenvalue weighted by molar-refractivity contribution is 6.18. The third-order valence-electron chi connectivity index (χ3n) is 4.98. The fraction of sp³-hybridized carbons (Fsp3) is 0.190. The molecular formula is C21H16F3N3O2. The van der Waals surface area contributed by atoms with Crippen molar-refractivity contribution in [1.29, 1.82) is 0 Å². The second kappa shape index (κ2) is 6.88. The number of nitrogens with one attached hydrogen (secondary N) is 2. The number of rotatable bonds is 4. The van der Waals surface area contributed by atoms with Crippen LogP contribution in [0.1, 0.15) is 18.4 Å². The van der Waals surface area contributed by atoms with Gasteiger partial charge in [0.05, 0.1) is 22.5 Å². The molecule has 0 radical (unpaired) electrons. The van der Waals surface area contributed by atoms with Crippen LogP contribution in [0.15, 0.2) is 60.8 Å². The fourth-order valence-electron chi connectivity index (χ4n) is 3.21. The smallest absolute Gasteiger partial charge is 0.325 e. The van der Waals surface area contributed by atoms with Gasteiger partial charge < -0.3 is 10.6 Å². The highest BCUT2D eigenvalue weighted by Gasteiger charge is 2.57. The Morgan fingerprint density at radius 3 is 2.17 bits per heavy atom. The SMILES string of the molecule is O=C(Nc1ccccc1C(F)(F)F)C1(C(=O)Nc2cccc3cccnc23)CC1. The Bertz CT molecular complexity index is 1100. The Balaban J connectivity index is 1.56. The summed E-state index contributed by atoms with van der Waals surface area (Å²) in [6, 6.07) is 13.6. The van der Waals surface area contributed by atoms with Crippen LogP contribution < -0.4 is 10.6 Å². The van der Waals surface area contributed by atoms with Crippen LogP contribution in [0.5, 0.6) is 0 Å². The number of amides is 2. The molecule has 0 atom stereocenters. The number of hydrogen-bond acceptors (Lipinski definition) is 3. The van der Waals surface area contributed by atoms with E-state index in [-0.39, 0.29) is 18.5 Å². The first-order chi connectivity index (χ1) is 13.8. The van der Waals surface area contributed by atoms with E-state index in [4.69, 9.17) is 0 Å². The van der Waals surface area contributed by atoms with Crippen molar-refractivity contribution in [2.24, 2.45) is 5.41 Å². The third kappa shape index (κ3) is 3.53. The molecule has 0 bridgehead atoms. The highest BCUT2D eigenvalue weighted by Crippen LogP contribution is 2.48. The molecule has 1 aromatic heterocycles. The number of pyridine rings is 1. The number of anilines is 2. The van der Waals surface area contributed by atoms with E-state index >= 15 is 0 Å². The van der Waals surface area contributed by atoms with E-state index in [1.54, 1.807) is 24.4 Å². The number of fused-ring (bicyclic) bond motifs is 1. The van der Waals surface area contributed by atoms with Gasteiger partial charge in [-0.2, -0.15) is 13.2 Å². The van der Waals surface area contributed by atoms with Crippen LogP contribution in [0.25, 0.3) is 10.9 Å². The van der Waals surface area contributed by atoms with E-state index in [2.05, 4.69) is 15.6 Å². The molecule has 1 aliphatic carbocycles. The molecule has 8 heteroatoms. The average Bonchev–Trinajstić information content (AvgIpc) is 3.50. The van der Waals surface area contributed by atoms with Gasteiger partial charge in [-0.3, -0.25) is 14.6 Å². The lowest BCUT2D eigenvalue weighted by atomic mass is 10.0. The largest absolute Gasteiger partial charge is 0.418 e. The predicted molar refractivity (Wildman–Crippen MR) is 102 cm³/mol.